The van der Waals surface area contributed by atoms with Gasteiger partial charge in [0.25, 0.3) is 0 Å². The molecule has 7 nitrogen and oxygen atoms in total. The van der Waals surface area contributed by atoms with Crippen LogP contribution in [0.3, 0.4) is 0 Å². The Morgan fingerprint density at radius 1 is 1.06 bits per heavy atom. The zero-order valence-electron chi connectivity index (χ0n) is 17.7. The molecule has 0 spiro atoms. The van der Waals surface area contributed by atoms with Gasteiger partial charge in [-0.3, -0.25) is 14.9 Å². The Kier molecular flexibility index (Phi) is 5.86. The highest BCUT2D eigenvalue weighted by Crippen LogP contribution is 2.27. The number of carbonyl (C=O) groups is 1. The van der Waals surface area contributed by atoms with E-state index in [2.05, 4.69) is 55.9 Å². The van der Waals surface area contributed by atoms with Gasteiger partial charge in [0.15, 0.2) is 5.82 Å². The number of carbonyl (C=O) groups excluding carboxylic acids is 1. The van der Waals surface area contributed by atoms with Crippen LogP contribution in [0.4, 0.5) is 11.6 Å². The minimum absolute atomic E-state index is 0.464. The summed E-state index contributed by atoms with van der Waals surface area (Å²) >= 11 is 0. The molecule has 2 aromatic carbocycles. The number of aldehydes is 1. The summed E-state index contributed by atoms with van der Waals surface area (Å²) < 4.78 is 0. The van der Waals surface area contributed by atoms with Gasteiger partial charge in [0, 0.05) is 35.1 Å². The molecule has 0 aliphatic carbocycles. The van der Waals surface area contributed by atoms with E-state index in [0.29, 0.717) is 23.9 Å². The highest BCUT2D eigenvalue weighted by molar-refractivity contribution is 5.79. The van der Waals surface area contributed by atoms with Crippen molar-refractivity contribution in [1.29, 1.82) is 0 Å². The van der Waals surface area contributed by atoms with Crippen LogP contribution in [0.15, 0.2) is 54.7 Å². The number of aryl methyl sites for hydroxylation is 2. The third kappa shape index (κ3) is 4.51. The number of benzene rings is 2. The average Bonchev–Trinajstić information content (AvgIpc) is 3.23. The van der Waals surface area contributed by atoms with Gasteiger partial charge in [-0.05, 0) is 67.9 Å². The number of H-pyrrole nitrogens is 1. The van der Waals surface area contributed by atoms with E-state index in [1.165, 1.54) is 0 Å². The molecule has 0 saturated heterocycles. The van der Waals surface area contributed by atoms with Crippen molar-refractivity contribution in [1.82, 2.24) is 25.5 Å². The molecule has 7 heteroatoms. The lowest BCUT2D eigenvalue weighted by Crippen LogP contribution is -2.08. The Morgan fingerprint density at radius 3 is 2.65 bits per heavy atom. The number of aromatic amines is 1. The molecule has 31 heavy (non-hydrogen) atoms. The zero-order chi connectivity index (χ0) is 21.8. The fourth-order valence-corrected chi connectivity index (χ4v) is 3.44. The number of nitrogens with zero attached hydrogens (tertiary/aromatic N) is 3. The quantitative estimate of drug-likeness (QED) is 0.389. The third-order valence-corrected chi connectivity index (χ3v) is 5.07. The normalized spacial score (nSPS) is 10.8. The van der Waals surface area contributed by atoms with E-state index in [9.17, 15) is 4.79 Å². The average molecular weight is 412 g/mol. The fourth-order valence-electron chi connectivity index (χ4n) is 3.44. The number of aromatic nitrogens is 4. The maximum atomic E-state index is 11.2. The molecule has 0 amide bonds. The highest BCUT2D eigenvalue weighted by atomic mass is 16.1. The predicted octanol–water partition coefficient (Wildman–Crippen LogP) is 4.43. The number of hydrogen-bond acceptors (Lipinski definition) is 6. The number of nitrogens with one attached hydrogen (secondary N) is 3. The van der Waals surface area contributed by atoms with Gasteiger partial charge in [-0.15, -0.1) is 5.10 Å². The summed E-state index contributed by atoms with van der Waals surface area (Å²) in [6.07, 6.45) is 2.74. The topological polar surface area (TPSA) is 95.6 Å². The van der Waals surface area contributed by atoms with Crippen molar-refractivity contribution in [3.63, 3.8) is 0 Å². The lowest BCUT2D eigenvalue weighted by molar-refractivity contribution is 0.112. The second-order valence-corrected chi connectivity index (χ2v) is 7.44. The molecule has 0 atom stereocenters. The third-order valence-electron chi connectivity index (χ3n) is 5.07. The van der Waals surface area contributed by atoms with Gasteiger partial charge in [-0.25, -0.2) is 0 Å². The first-order valence-electron chi connectivity index (χ1n) is 10.0. The van der Waals surface area contributed by atoms with Gasteiger partial charge >= 0.3 is 0 Å². The van der Waals surface area contributed by atoms with Gasteiger partial charge in [-0.2, -0.15) is 4.98 Å². The van der Waals surface area contributed by atoms with Crippen LogP contribution in [-0.2, 0) is 6.54 Å². The molecule has 0 aliphatic rings. The lowest BCUT2D eigenvalue weighted by Gasteiger charge is -2.08. The summed E-state index contributed by atoms with van der Waals surface area (Å²) in [4.78, 5) is 20.3. The van der Waals surface area contributed by atoms with Gasteiger partial charge in [0.05, 0.1) is 5.69 Å². The Balaban J connectivity index is 1.55. The molecule has 2 aromatic heterocycles. The Hall–Kier alpha value is -3.84. The Labute approximate surface area is 181 Å². The van der Waals surface area contributed by atoms with Gasteiger partial charge in [0.1, 0.15) is 6.29 Å². The van der Waals surface area contributed by atoms with Crippen LogP contribution < -0.4 is 10.6 Å². The van der Waals surface area contributed by atoms with Crippen molar-refractivity contribution >= 4 is 17.9 Å². The van der Waals surface area contributed by atoms with Crippen LogP contribution >= 0.6 is 0 Å². The van der Waals surface area contributed by atoms with E-state index in [-0.39, 0.29) is 0 Å². The lowest BCUT2D eigenvalue weighted by atomic mass is 10.0. The number of hydrogen-bond donors (Lipinski definition) is 3. The summed E-state index contributed by atoms with van der Waals surface area (Å²) in [5.41, 5.74) is 7.63. The first-order valence-corrected chi connectivity index (χ1v) is 10.0. The standard InChI is InChI=1S/C24H24N6O/c1-15-4-9-22(26-12-15)21-8-6-17(10-16(21)2)23-28-24(30-29-23)27-20-7-5-18(14-31)19(11-20)13-25-3/h4-12,14,25H,13H2,1-3H3,(H2,27,28,29,30). The molecule has 0 radical (unpaired) electrons. The summed E-state index contributed by atoms with van der Waals surface area (Å²) in [5, 5.41) is 13.5. The van der Waals surface area contributed by atoms with Gasteiger partial charge in [-0.1, -0.05) is 18.2 Å². The van der Waals surface area contributed by atoms with Crippen LogP contribution in [-0.4, -0.2) is 33.5 Å². The molecule has 0 unspecified atom stereocenters. The summed E-state index contributed by atoms with van der Waals surface area (Å²) in [7, 11) is 1.85. The molecular formula is C24H24N6O. The molecule has 156 valence electrons. The smallest absolute Gasteiger partial charge is 0.246 e. The zero-order valence-corrected chi connectivity index (χ0v) is 17.7. The van der Waals surface area contributed by atoms with Gasteiger partial charge < -0.3 is 10.6 Å². The molecule has 4 rings (SSSR count). The molecule has 0 bridgehead atoms. The Morgan fingerprint density at radius 2 is 1.94 bits per heavy atom. The van der Waals surface area contributed by atoms with E-state index in [1.54, 1.807) is 6.07 Å². The van der Waals surface area contributed by atoms with Crippen molar-refractivity contribution in [3.05, 3.63) is 77.0 Å². The van der Waals surface area contributed by atoms with Crippen molar-refractivity contribution in [2.45, 2.75) is 20.4 Å². The molecule has 3 N–H and O–H groups in total. The molecular weight excluding hydrogens is 388 g/mol. The second kappa shape index (κ2) is 8.89. The van der Waals surface area contributed by atoms with Crippen molar-refractivity contribution in [2.24, 2.45) is 0 Å². The van der Waals surface area contributed by atoms with Crippen molar-refractivity contribution < 1.29 is 4.79 Å². The van der Waals surface area contributed by atoms with Gasteiger partial charge in [0.2, 0.25) is 5.95 Å². The maximum Gasteiger partial charge on any atom is 0.246 e. The van der Waals surface area contributed by atoms with Crippen LogP contribution in [0.2, 0.25) is 0 Å². The monoisotopic (exact) mass is 412 g/mol. The number of rotatable bonds is 7. The number of pyridine rings is 1. The van der Waals surface area contributed by atoms with Crippen molar-refractivity contribution in [3.8, 4) is 22.6 Å². The van der Waals surface area contributed by atoms with Crippen LogP contribution in [0.1, 0.15) is 27.0 Å². The largest absolute Gasteiger partial charge is 0.323 e. The molecule has 0 saturated carbocycles. The highest BCUT2D eigenvalue weighted by Gasteiger charge is 2.10. The Bertz CT molecular complexity index is 1210. The van der Waals surface area contributed by atoms with Crippen LogP contribution in [0, 0.1) is 13.8 Å². The van der Waals surface area contributed by atoms with Crippen molar-refractivity contribution in [2.75, 3.05) is 12.4 Å². The molecule has 0 fully saturated rings. The summed E-state index contributed by atoms with van der Waals surface area (Å²) in [6.45, 7) is 4.69. The van der Waals surface area contributed by atoms with Crippen LogP contribution in [0.5, 0.6) is 0 Å². The van der Waals surface area contributed by atoms with E-state index in [1.807, 2.05) is 44.4 Å². The minimum Gasteiger partial charge on any atom is -0.323 e. The van der Waals surface area contributed by atoms with E-state index in [0.717, 1.165) is 45.5 Å². The molecule has 0 aliphatic heterocycles. The van der Waals surface area contributed by atoms with E-state index in [4.69, 9.17) is 0 Å². The van der Waals surface area contributed by atoms with E-state index >= 15 is 0 Å². The number of anilines is 2. The fraction of sp³-hybridized carbons (Fsp3) is 0.167. The second-order valence-electron chi connectivity index (χ2n) is 7.44. The predicted molar refractivity (Wildman–Crippen MR) is 122 cm³/mol. The SMILES string of the molecule is CNCc1cc(Nc2n[nH]c(-c3ccc(-c4ccc(C)cn4)c(C)c3)n2)ccc1C=O. The molecule has 4 aromatic rings. The molecule has 2 heterocycles. The summed E-state index contributed by atoms with van der Waals surface area (Å²) in [5.74, 6) is 1.14. The minimum atomic E-state index is 0.464. The van der Waals surface area contributed by atoms with Crippen LogP contribution in [0.25, 0.3) is 22.6 Å². The first kappa shape index (κ1) is 20.4. The van der Waals surface area contributed by atoms with E-state index < -0.39 is 0 Å². The first-order chi connectivity index (χ1) is 15.1. The summed E-state index contributed by atoms with van der Waals surface area (Å²) in [6, 6.07) is 15.8. The maximum absolute atomic E-state index is 11.2.